The summed E-state index contributed by atoms with van der Waals surface area (Å²) >= 11 is 0. The van der Waals surface area contributed by atoms with E-state index in [9.17, 15) is 14.9 Å². The van der Waals surface area contributed by atoms with Crippen LogP contribution in [0.3, 0.4) is 0 Å². The van der Waals surface area contributed by atoms with E-state index in [1.54, 1.807) is 30.5 Å². The van der Waals surface area contributed by atoms with Gasteiger partial charge in [-0.25, -0.2) is 4.98 Å². The summed E-state index contributed by atoms with van der Waals surface area (Å²) in [6, 6.07) is 9.04. The zero-order valence-corrected chi connectivity index (χ0v) is 20.8. The molecule has 2 fully saturated rings. The third kappa shape index (κ3) is 3.67. The van der Waals surface area contributed by atoms with Gasteiger partial charge in [-0.1, -0.05) is 18.9 Å². The maximum absolute atomic E-state index is 13.4. The second-order valence-corrected chi connectivity index (χ2v) is 10.8. The molecule has 7 nitrogen and oxygen atoms in total. The topological polar surface area (TPSA) is 91.0 Å². The lowest BCUT2D eigenvalue weighted by Crippen LogP contribution is -2.51. The summed E-state index contributed by atoms with van der Waals surface area (Å²) in [5, 5.41) is 13.4. The number of nitrogens with zero attached hydrogens (tertiary/aromatic N) is 4. The summed E-state index contributed by atoms with van der Waals surface area (Å²) in [5.41, 5.74) is 4.93. The Morgan fingerprint density at radius 2 is 2.06 bits per heavy atom. The van der Waals surface area contributed by atoms with Gasteiger partial charge in [0.05, 0.1) is 23.5 Å². The number of carbonyl (C=O) groups is 2. The lowest BCUT2D eigenvalue weighted by Gasteiger charge is -2.45. The van der Waals surface area contributed by atoms with E-state index in [1.165, 1.54) is 5.56 Å². The number of aryl methyl sites for hydroxylation is 1. The lowest BCUT2D eigenvalue weighted by molar-refractivity contribution is -0.140. The number of aromatic nitrogens is 2. The first-order valence-electron chi connectivity index (χ1n) is 13.0. The largest absolute Gasteiger partial charge is 0.339 e. The third-order valence-corrected chi connectivity index (χ3v) is 8.60. The molecule has 1 aliphatic heterocycles. The van der Waals surface area contributed by atoms with Crippen molar-refractivity contribution in [3.05, 3.63) is 58.9 Å². The second kappa shape index (κ2) is 8.77. The average molecular weight is 484 g/mol. The molecule has 2 aliphatic carbocycles. The Morgan fingerprint density at radius 1 is 1.25 bits per heavy atom. The highest BCUT2D eigenvalue weighted by Gasteiger charge is 2.43. The second-order valence-electron chi connectivity index (χ2n) is 10.8. The highest BCUT2D eigenvalue weighted by Crippen LogP contribution is 2.48. The molecule has 1 saturated carbocycles. The number of pyridine rings is 1. The van der Waals surface area contributed by atoms with Crippen molar-refractivity contribution < 1.29 is 11.0 Å². The van der Waals surface area contributed by atoms with Gasteiger partial charge in [-0.2, -0.15) is 5.26 Å². The third-order valence-electron chi connectivity index (χ3n) is 8.60. The van der Waals surface area contributed by atoms with Crippen LogP contribution in [0.4, 0.5) is 5.69 Å². The summed E-state index contributed by atoms with van der Waals surface area (Å²) < 4.78 is 2.08. The average Bonchev–Trinajstić information content (AvgIpc) is 3.54. The molecule has 0 bridgehead atoms. The van der Waals surface area contributed by atoms with Crippen molar-refractivity contribution in [3.8, 4) is 6.07 Å². The molecule has 0 spiro atoms. The van der Waals surface area contributed by atoms with Gasteiger partial charge in [-0.05, 0) is 73.8 Å². The van der Waals surface area contributed by atoms with E-state index >= 15 is 0 Å². The number of carbonyl (C=O) groups excluding carboxylic acids is 2. The Kier molecular flexibility index (Phi) is 5.55. The number of fused-ring (bicyclic) bond motifs is 2. The number of hydrogen-bond donors (Lipinski definition) is 1. The van der Waals surface area contributed by atoms with Crippen LogP contribution in [0.25, 0.3) is 11.0 Å². The van der Waals surface area contributed by atoms with Crippen LogP contribution in [0, 0.1) is 23.2 Å². The van der Waals surface area contributed by atoms with Crippen LogP contribution in [0.2, 0.25) is 0 Å². The first-order valence-corrected chi connectivity index (χ1v) is 13.0. The summed E-state index contributed by atoms with van der Waals surface area (Å²) in [6.45, 7) is 2.96. The summed E-state index contributed by atoms with van der Waals surface area (Å²) in [4.78, 5) is 33.3. The summed E-state index contributed by atoms with van der Waals surface area (Å²) in [7, 11) is 2.02. The van der Waals surface area contributed by atoms with Gasteiger partial charge in [0.1, 0.15) is 5.65 Å². The quantitative estimate of drug-likeness (QED) is 0.567. The molecular weight excluding hydrogens is 450 g/mol. The summed E-state index contributed by atoms with van der Waals surface area (Å²) in [6.07, 6.45) is 10.1. The Labute approximate surface area is 212 Å². The molecule has 0 radical (unpaired) electrons. The van der Waals surface area contributed by atoms with E-state index in [4.69, 9.17) is 4.98 Å². The number of amides is 2. The van der Waals surface area contributed by atoms with Crippen molar-refractivity contribution >= 4 is 28.5 Å². The first kappa shape index (κ1) is 22.8. The molecule has 2 unspecified atom stereocenters. The van der Waals surface area contributed by atoms with E-state index in [0.717, 1.165) is 61.7 Å². The van der Waals surface area contributed by atoms with Crippen LogP contribution in [-0.2, 0) is 18.3 Å². The predicted molar refractivity (Wildman–Crippen MR) is 140 cm³/mol. The van der Waals surface area contributed by atoms with Gasteiger partial charge in [0.2, 0.25) is 5.91 Å². The number of hydrogen-bond acceptors (Lipinski definition) is 4. The molecule has 7 heteroatoms. The Balaban J connectivity index is 0.00000280. The van der Waals surface area contributed by atoms with Gasteiger partial charge in [0, 0.05) is 44.1 Å². The number of anilines is 1. The van der Waals surface area contributed by atoms with E-state index in [0.29, 0.717) is 34.6 Å². The van der Waals surface area contributed by atoms with E-state index < -0.39 is 0 Å². The standard InChI is InChI=1S/C29H31N5O2.H2/c1-17-10-22-21(15-34(17)29(36)19-7-3-4-8-19)12-23-25(14-31-27-26(23)24(22)16-33(27)2)32-28(35)20-9-5-6-18(11-20)13-30;/h5-6,9,11,14,16-17,19,21-22H,3-4,7-8,10,12,15H2,1-2H3,(H,32,35);1H/t17?,21?,22-;/m0./s1. The molecule has 36 heavy (non-hydrogen) atoms. The Morgan fingerprint density at radius 3 is 2.83 bits per heavy atom. The number of nitriles is 1. The van der Waals surface area contributed by atoms with Crippen molar-refractivity contribution in [2.75, 3.05) is 11.9 Å². The predicted octanol–water partition coefficient (Wildman–Crippen LogP) is 5.01. The van der Waals surface area contributed by atoms with Gasteiger partial charge < -0.3 is 14.8 Å². The summed E-state index contributed by atoms with van der Waals surface area (Å²) in [5.74, 6) is 0.961. The van der Waals surface area contributed by atoms with Crippen molar-refractivity contribution in [2.45, 2.75) is 57.4 Å². The zero-order valence-electron chi connectivity index (χ0n) is 20.8. The van der Waals surface area contributed by atoms with Crippen LogP contribution >= 0.6 is 0 Å². The van der Waals surface area contributed by atoms with Crippen LogP contribution in [-0.4, -0.2) is 38.9 Å². The Bertz CT molecular complexity index is 1420. The van der Waals surface area contributed by atoms with Crippen LogP contribution < -0.4 is 5.32 Å². The van der Waals surface area contributed by atoms with Crippen molar-refractivity contribution in [1.82, 2.24) is 14.5 Å². The fraction of sp³-hybridized carbons (Fsp3) is 0.448. The molecular formula is C29H33N5O2. The fourth-order valence-corrected chi connectivity index (χ4v) is 6.78. The van der Waals surface area contributed by atoms with Gasteiger partial charge in [-0.3, -0.25) is 9.59 Å². The Hall–Kier alpha value is -3.66. The van der Waals surface area contributed by atoms with E-state index in [1.807, 2.05) is 7.05 Å². The molecule has 3 aromatic rings. The molecule has 1 saturated heterocycles. The van der Waals surface area contributed by atoms with Crippen molar-refractivity contribution in [1.29, 1.82) is 5.26 Å². The SMILES string of the molecule is CC1C[C@@H]2c3cn(C)c4ncc(NC(=O)c5cccc(C#N)c5)c(c34)CC2CN1C(=O)C1CCCC1.[HH]. The number of likely N-dealkylation sites (tertiary alicyclic amines) is 1. The molecule has 1 aromatic carbocycles. The van der Waals surface area contributed by atoms with Gasteiger partial charge in [-0.15, -0.1) is 0 Å². The van der Waals surface area contributed by atoms with Gasteiger partial charge in [0.25, 0.3) is 5.91 Å². The van der Waals surface area contributed by atoms with Crippen LogP contribution in [0.15, 0.2) is 36.7 Å². The smallest absolute Gasteiger partial charge is 0.255 e. The van der Waals surface area contributed by atoms with Gasteiger partial charge in [0.15, 0.2) is 0 Å². The van der Waals surface area contributed by atoms with Crippen molar-refractivity contribution in [2.24, 2.45) is 18.9 Å². The first-order chi connectivity index (χ1) is 17.4. The van der Waals surface area contributed by atoms with Crippen LogP contribution in [0.5, 0.6) is 0 Å². The lowest BCUT2D eigenvalue weighted by atomic mass is 9.70. The highest BCUT2D eigenvalue weighted by atomic mass is 16.2. The molecule has 3 heterocycles. The molecule has 2 aromatic heterocycles. The minimum Gasteiger partial charge on any atom is -0.339 e. The number of rotatable bonds is 3. The normalized spacial score (nSPS) is 23.4. The molecule has 3 aliphatic rings. The monoisotopic (exact) mass is 483 g/mol. The van der Waals surface area contributed by atoms with E-state index in [-0.39, 0.29) is 19.3 Å². The number of piperidine rings is 1. The maximum Gasteiger partial charge on any atom is 0.255 e. The molecule has 1 N–H and O–H groups in total. The van der Waals surface area contributed by atoms with Crippen LogP contribution in [0.1, 0.15) is 73.4 Å². The maximum atomic E-state index is 13.4. The molecule has 186 valence electrons. The minimum atomic E-state index is -0.251. The number of nitrogens with one attached hydrogen (secondary N) is 1. The molecule has 6 rings (SSSR count). The van der Waals surface area contributed by atoms with Crippen molar-refractivity contribution in [3.63, 3.8) is 0 Å². The fourth-order valence-electron chi connectivity index (χ4n) is 6.78. The minimum absolute atomic E-state index is 0. The zero-order chi connectivity index (χ0) is 25.0. The molecule has 2 amide bonds. The van der Waals surface area contributed by atoms with E-state index in [2.05, 4.69) is 34.0 Å². The molecule has 3 atom stereocenters. The van der Waals surface area contributed by atoms with Gasteiger partial charge >= 0.3 is 0 Å². The number of benzene rings is 1. The highest BCUT2D eigenvalue weighted by molar-refractivity contribution is 6.06.